The Hall–Kier alpha value is -1.53. The van der Waals surface area contributed by atoms with Crippen LogP contribution in [-0.2, 0) is 0 Å². The predicted molar refractivity (Wildman–Crippen MR) is 71.5 cm³/mol. The number of rotatable bonds is 3. The molecule has 3 heteroatoms. The molecule has 1 aromatic rings. The van der Waals surface area contributed by atoms with E-state index in [2.05, 4.69) is 24.9 Å². The fraction of sp³-hybridized carbons (Fsp3) is 0.533. The Kier molecular flexibility index (Phi) is 4.22. The standard InChI is InChI=1S/C15H20N2O/c1-12(13-7-9-17(2)10-8-13)18-15-6-4-3-5-14(15)11-16/h3-6,12-13H,7-10H2,1-2H3. The molecule has 1 aromatic carbocycles. The lowest BCUT2D eigenvalue weighted by atomic mass is 9.92. The van der Waals surface area contributed by atoms with E-state index in [0.29, 0.717) is 17.2 Å². The molecule has 0 radical (unpaired) electrons. The number of nitriles is 1. The van der Waals surface area contributed by atoms with Crippen molar-refractivity contribution in [3.8, 4) is 11.8 Å². The third kappa shape index (κ3) is 3.02. The van der Waals surface area contributed by atoms with Crippen molar-refractivity contribution in [2.45, 2.75) is 25.9 Å². The molecule has 0 spiro atoms. The summed E-state index contributed by atoms with van der Waals surface area (Å²) in [6.45, 7) is 4.39. The molecule has 18 heavy (non-hydrogen) atoms. The first kappa shape index (κ1) is 12.9. The molecule has 0 bridgehead atoms. The van der Waals surface area contributed by atoms with Crippen molar-refractivity contribution in [1.29, 1.82) is 5.26 Å². The maximum atomic E-state index is 9.04. The molecule has 1 aliphatic rings. The second-order valence-corrected chi connectivity index (χ2v) is 5.07. The smallest absolute Gasteiger partial charge is 0.137 e. The third-order valence-corrected chi connectivity index (χ3v) is 3.75. The van der Waals surface area contributed by atoms with E-state index >= 15 is 0 Å². The lowest BCUT2D eigenvalue weighted by Gasteiger charge is -2.32. The highest BCUT2D eigenvalue weighted by atomic mass is 16.5. The predicted octanol–water partition coefficient (Wildman–Crippen LogP) is 2.67. The molecule has 3 nitrogen and oxygen atoms in total. The van der Waals surface area contributed by atoms with Crippen LogP contribution in [0.2, 0.25) is 0 Å². The molecule has 1 unspecified atom stereocenters. The van der Waals surface area contributed by atoms with Crippen LogP contribution >= 0.6 is 0 Å². The van der Waals surface area contributed by atoms with E-state index in [1.807, 2.05) is 18.2 Å². The summed E-state index contributed by atoms with van der Waals surface area (Å²) in [7, 11) is 2.16. The number of para-hydroxylation sites is 1. The van der Waals surface area contributed by atoms with Crippen LogP contribution in [0.15, 0.2) is 24.3 Å². The van der Waals surface area contributed by atoms with Gasteiger partial charge in [0.15, 0.2) is 0 Å². The van der Waals surface area contributed by atoms with E-state index in [-0.39, 0.29) is 6.10 Å². The highest BCUT2D eigenvalue weighted by Gasteiger charge is 2.24. The van der Waals surface area contributed by atoms with Gasteiger partial charge in [0.1, 0.15) is 11.8 Å². The van der Waals surface area contributed by atoms with Gasteiger partial charge in [-0.15, -0.1) is 0 Å². The minimum atomic E-state index is 0.174. The lowest BCUT2D eigenvalue weighted by Crippen LogP contribution is -2.36. The largest absolute Gasteiger partial charge is 0.489 e. The topological polar surface area (TPSA) is 36.3 Å². The van der Waals surface area contributed by atoms with E-state index in [0.717, 1.165) is 13.1 Å². The van der Waals surface area contributed by atoms with Gasteiger partial charge in [0.2, 0.25) is 0 Å². The van der Waals surface area contributed by atoms with E-state index < -0.39 is 0 Å². The lowest BCUT2D eigenvalue weighted by molar-refractivity contribution is 0.0975. The zero-order chi connectivity index (χ0) is 13.0. The summed E-state index contributed by atoms with van der Waals surface area (Å²) < 4.78 is 5.97. The minimum Gasteiger partial charge on any atom is -0.489 e. The van der Waals surface area contributed by atoms with Gasteiger partial charge >= 0.3 is 0 Å². The highest BCUT2D eigenvalue weighted by molar-refractivity contribution is 5.42. The molecule has 96 valence electrons. The van der Waals surface area contributed by atoms with Crippen molar-refractivity contribution in [3.63, 3.8) is 0 Å². The number of hydrogen-bond acceptors (Lipinski definition) is 3. The van der Waals surface area contributed by atoms with E-state index in [9.17, 15) is 0 Å². The average molecular weight is 244 g/mol. The molecule has 2 rings (SSSR count). The van der Waals surface area contributed by atoms with Crippen LogP contribution in [0.25, 0.3) is 0 Å². The molecular formula is C15H20N2O. The molecule has 1 saturated heterocycles. The van der Waals surface area contributed by atoms with Crippen molar-refractivity contribution in [1.82, 2.24) is 4.90 Å². The molecule has 0 saturated carbocycles. The molecule has 1 atom stereocenters. The molecule has 1 heterocycles. The molecule has 0 N–H and O–H groups in total. The fourth-order valence-electron chi connectivity index (χ4n) is 2.46. The molecule has 0 aromatic heterocycles. The number of piperidine rings is 1. The fourth-order valence-corrected chi connectivity index (χ4v) is 2.46. The van der Waals surface area contributed by atoms with Crippen LogP contribution in [0.5, 0.6) is 5.75 Å². The Balaban J connectivity index is 1.99. The normalized spacial score (nSPS) is 19.2. The van der Waals surface area contributed by atoms with Gasteiger partial charge in [0.05, 0.1) is 11.7 Å². The summed E-state index contributed by atoms with van der Waals surface area (Å²) in [5.74, 6) is 1.30. The third-order valence-electron chi connectivity index (χ3n) is 3.75. The number of likely N-dealkylation sites (tertiary alicyclic amines) is 1. The van der Waals surface area contributed by atoms with Crippen molar-refractivity contribution < 1.29 is 4.74 Å². The Morgan fingerprint density at radius 1 is 1.33 bits per heavy atom. The summed E-state index contributed by atoms with van der Waals surface area (Å²) in [5, 5.41) is 9.04. The average Bonchev–Trinajstić information content (AvgIpc) is 2.40. The van der Waals surface area contributed by atoms with Crippen LogP contribution in [0.4, 0.5) is 0 Å². The van der Waals surface area contributed by atoms with Gasteiger partial charge in [-0.05, 0) is 58.0 Å². The van der Waals surface area contributed by atoms with Gasteiger partial charge < -0.3 is 9.64 Å². The van der Waals surface area contributed by atoms with E-state index in [4.69, 9.17) is 10.00 Å². The summed E-state index contributed by atoms with van der Waals surface area (Å²) in [6.07, 6.45) is 2.52. The second-order valence-electron chi connectivity index (χ2n) is 5.07. The van der Waals surface area contributed by atoms with Crippen molar-refractivity contribution in [2.75, 3.05) is 20.1 Å². The Morgan fingerprint density at radius 3 is 2.67 bits per heavy atom. The monoisotopic (exact) mass is 244 g/mol. The number of nitrogens with zero attached hydrogens (tertiary/aromatic N) is 2. The zero-order valence-electron chi connectivity index (χ0n) is 11.1. The Morgan fingerprint density at radius 2 is 2.00 bits per heavy atom. The number of hydrogen-bond donors (Lipinski definition) is 0. The van der Waals surface area contributed by atoms with E-state index in [1.165, 1.54) is 12.8 Å². The Labute approximate surface area is 109 Å². The molecule has 0 amide bonds. The van der Waals surface area contributed by atoms with Crippen LogP contribution in [0.3, 0.4) is 0 Å². The van der Waals surface area contributed by atoms with E-state index in [1.54, 1.807) is 6.07 Å². The van der Waals surface area contributed by atoms with Gasteiger partial charge in [-0.25, -0.2) is 0 Å². The summed E-state index contributed by atoms with van der Waals surface area (Å²) in [4.78, 5) is 2.35. The highest BCUT2D eigenvalue weighted by Crippen LogP contribution is 2.25. The maximum Gasteiger partial charge on any atom is 0.137 e. The summed E-state index contributed by atoms with van der Waals surface area (Å²) >= 11 is 0. The maximum absolute atomic E-state index is 9.04. The van der Waals surface area contributed by atoms with Crippen molar-refractivity contribution in [3.05, 3.63) is 29.8 Å². The Bertz CT molecular complexity index is 430. The van der Waals surface area contributed by atoms with Crippen LogP contribution in [0.1, 0.15) is 25.3 Å². The van der Waals surface area contributed by atoms with Gasteiger partial charge in [-0.2, -0.15) is 5.26 Å². The number of ether oxygens (including phenoxy) is 1. The van der Waals surface area contributed by atoms with Gasteiger partial charge in [0.25, 0.3) is 0 Å². The van der Waals surface area contributed by atoms with Crippen molar-refractivity contribution in [2.24, 2.45) is 5.92 Å². The minimum absolute atomic E-state index is 0.174. The van der Waals surface area contributed by atoms with Gasteiger partial charge in [-0.3, -0.25) is 0 Å². The molecular weight excluding hydrogens is 224 g/mol. The first-order valence-electron chi connectivity index (χ1n) is 6.55. The molecule has 1 aliphatic heterocycles. The quantitative estimate of drug-likeness (QED) is 0.820. The zero-order valence-corrected chi connectivity index (χ0v) is 11.1. The summed E-state index contributed by atoms with van der Waals surface area (Å²) in [5.41, 5.74) is 0.622. The van der Waals surface area contributed by atoms with Crippen molar-refractivity contribution >= 4 is 0 Å². The van der Waals surface area contributed by atoms with Gasteiger partial charge in [-0.1, -0.05) is 12.1 Å². The van der Waals surface area contributed by atoms with Crippen LogP contribution in [0, 0.1) is 17.2 Å². The first-order valence-corrected chi connectivity index (χ1v) is 6.55. The first-order chi connectivity index (χ1) is 8.70. The SMILES string of the molecule is CC(Oc1ccccc1C#N)C1CCN(C)CC1. The van der Waals surface area contributed by atoms with Crippen LogP contribution < -0.4 is 4.74 Å². The van der Waals surface area contributed by atoms with Gasteiger partial charge in [0, 0.05) is 0 Å². The molecule has 0 aliphatic carbocycles. The molecule has 1 fully saturated rings. The second kappa shape index (κ2) is 5.88. The summed E-state index contributed by atoms with van der Waals surface area (Å²) in [6, 6.07) is 9.64. The number of benzene rings is 1. The van der Waals surface area contributed by atoms with Crippen LogP contribution in [-0.4, -0.2) is 31.1 Å².